The monoisotopic (exact) mass is 382 g/mol. The summed E-state index contributed by atoms with van der Waals surface area (Å²) in [4.78, 5) is 9.00. The summed E-state index contributed by atoms with van der Waals surface area (Å²) < 4.78 is 7.14. The van der Waals surface area contributed by atoms with Crippen LogP contribution < -0.4 is 10.6 Å². The molecule has 150 valence electrons. The molecule has 4 rings (SSSR count). The Morgan fingerprint density at radius 2 is 2.18 bits per heavy atom. The molecule has 1 aromatic carbocycles. The predicted octanol–water partition coefficient (Wildman–Crippen LogP) is 1.94. The Balaban J connectivity index is 1.35. The summed E-state index contributed by atoms with van der Waals surface area (Å²) in [7, 11) is 3.51. The predicted molar refractivity (Wildman–Crippen MR) is 109 cm³/mol. The molecule has 1 saturated carbocycles. The molecule has 0 amide bonds. The first-order chi connectivity index (χ1) is 13.6. The third-order valence-electron chi connectivity index (χ3n) is 5.90. The number of hydrogen-bond acceptors (Lipinski definition) is 4. The number of rotatable bonds is 6. The van der Waals surface area contributed by atoms with Crippen LogP contribution in [0.2, 0.25) is 0 Å². The van der Waals surface area contributed by atoms with Gasteiger partial charge < -0.3 is 15.4 Å². The zero-order valence-electron chi connectivity index (χ0n) is 17.0. The van der Waals surface area contributed by atoms with Gasteiger partial charge in [-0.2, -0.15) is 5.10 Å². The van der Waals surface area contributed by atoms with Crippen LogP contribution in [0.3, 0.4) is 0 Å². The van der Waals surface area contributed by atoms with Gasteiger partial charge in [-0.25, -0.2) is 9.67 Å². The summed E-state index contributed by atoms with van der Waals surface area (Å²) in [6.07, 6.45) is 4.40. The van der Waals surface area contributed by atoms with E-state index in [1.807, 2.05) is 11.7 Å². The Labute approximate surface area is 166 Å². The van der Waals surface area contributed by atoms with Gasteiger partial charge in [-0.05, 0) is 37.3 Å². The van der Waals surface area contributed by atoms with Crippen molar-refractivity contribution in [1.82, 2.24) is 25.4 Å². The van der Waals surface area contributed by atoms with E-state index < -0.39 is 0 Å². The van der Waals surface area contributed by atoms with Gasteiger partial charge in [-0.15, -0.1) is 0 Å². The number of nitrogens with one attached hydrogen (secondary N) is 2. The minimum atomic E-state index is 0.254. The molecular weight excluding hydrogens is 352 g/mol. The van der Waals surface area contributed by atoms with Crippen LogP contribution in [0.5, 0.6) is 0 Å². The van der Waals surface area contributed by atoms with Crippen LogP contribution in [0.1, 0.15) is 42.0 Å². The molecular formula is C21H30N6O. The Morgan fingerprint density at radius 3 is 2.89 bits per heavy atom. The maximum absolute atomic E-state index is 5.15. The Morgan fingerprint density at radius 1 is 1.36 bits per heavy atom. The van der Waals surface area contributed by atoms with Gasteiger partial charge in [0.2, 0.25) is 0 Å². The number of fused-ring (bicyclic) bond motifs is 1. The van der Waals surface area contributed by atoms with Gasteiger partial charge in [-0.1, -0.05) is 24.3 Å². The van der Waals surface area contributed by atoms with Crippen LogP contribution >= 0.6 is 0 Å². The lowest BCUT2D eigenvalue weighted by Crippen LogP contribution is -2.48. The molecule has 7 heteroatoms. The quantitative estimate of drug-likeness (QED) is 0.590. The van der Waals surface area contributed by atoms with E-state index in [1.54, 1.807) is 7.11 Å². The second-order valence-corrected chi connectivity index (χ2v) is 7.96. The lowest BCUT2D eigenvalue weighted by molar-refractivity contribution is 0.177. The molecule has 1 aromatic heterocycles. The second kappa shape index (κ2) is 7.91. The summed E-state index contributed by atoms with van der Waals surface area (Å²) in [6, 6.07) is 9.03. The number of guanidine groups is 1. The van der Waals surface area contributed by atoms with E-state index in [0.717, 1.165) is 43.5 Å². The van der Waals surface area contributed by atoms with E-state index in [-0.39, 0.29) is 5.41 Å². The molecule has 7 nitrogen and oxygen atoms in total. The van der Waals surface area contributed by atoms with Crippen molar-refractivity contribution in [2.45, 2.75) is 57.2 Å². The molecule has 0 spiro atoms. The van der Waals surface area contributed by atoms with Crippen molar-refractivity contribution >= 4 is 5.96 Å². The van der Waals surface area contributed by atoms with Gasteiger partial charge in [0, 0.05) is 38.6 Å². The van der Waals surface area contributed by atoms with Crippen LogP contribution in [-0.4, -0.2) is 47.5 Å². The molecule has 2 N–H and O–H groups in total. The van der Waals surface area contributed by atoms with Crippen molar-refractivity contribution in [3.63, 3.8) is 0 Å². The van der Waals surface area contributed by atoms with Crippen molar-refractivity contribution in [3.8, 4) is 0 Å². The number of aliphatic imine (C=N–C) groups is 1. The minimum Gasteiger partial charge on any atom is -0.377 e. The molecule has 1 unspecified atom stereocenters. The standard InChI is InChI=1S/C21H30N6O/c1-15-6-4-5-7-17(15)21(10-11-21)14-23-20(22-2)24-16-8-9-19-25-18(13-28-3)26-27(19)12-16/h4-7,16H,8-14H2,1-3H3,(H2,22,23,24). The van der Waals surface area contributed by atoms with Crippen molar-refractivity contribution < 1.29 is 4.74 Å². The summed E-state index contributed by atoms with van der Waals surface area (Å²) in [5.74, 6) is 2.67. The molecule has 1 aliphatic heterocycles. The van der Waals surface area contributed by atoms with Crippen molar-refractivity contribution in [2.75, 3.05) is 20.7 Å². The van der Waals surface area contributed by atoms with Crippen molar-refractivity contribution in [3.05, 3.63) is 47.0 Å². The molecule has 1 aliphatic carbocycles. The first kappa shape index (κ1) is 18.9. The molecule has 1 atom stereocenters. The highest BCUT2D eigenvalue weighted by atomic mass is 16.5. The van der Waals surface area contributed by atoms with E-state index in [1.165, 1.54) is 24.0 Å². The largest absolute Gasteiger partial charge is 0.377 e. The summed E-state index contributed by atoms with van der Waals surface area (Å²) in [5, 5.41) is 11.7. The maximum Gasteiger partial charge on any atom is 0.191 e. The molecule has 2 aliphatic rings. The van der Waals surface area contributed by atoms with Gasteiger partial charge >= 0.3 is 0 Å². The van der Waals surface area contributed by atoms with E-state index in [9.17, 15) is 0 Å². The number of nitrogens with zero attached hydrogens (tertiary/aromatic N) is 4. The minimum absolute atomic E-state index is 0.254. The molecule has 1 fully saturated rings. The fraction of sp³-hybridized carbons (Fsp3) is 0.571. The van der Waals surface area contributed by atoms with E-state index >= 15 is 0 Å². The van der Waals surface area contributed by atoms with Crippen LogP contribution in [0, 0.1) is 6.92 Å². The van der Waals surface area contributed by atoms with Gasteiger partial charge in [0.15, 0.2) is 11.8 Å². The third kappa shape index (κ3) is 3.90. The molecule has 0 saturated heterocycles. The number of ether oxygens (including phenoxy) is 1. The first-order valence-corrected chi connectivity index (χ1v) is 10.1. The van der Waals surface area contributed by atoms with E-state index in [4.69, 9.17) is 4.74 Å². The highest BCUT2D eigenvalue weighted by Crippen LogP contribution is 2.48. The fourth-order valence-electron chi connectivity index (χ4n) is 4.17. The molecule has 2 aromatic rings. The summed E-state index contributed by atoms with van der Waals surface area (Å²) in [6.45, 7) is 4.38. The third-order valence-corrected chi connectivity index (χ3v) is 5.90. The summed E-state index contributed by atoms with van der Waals surface area (Å²) >= 11 is 0. The topological polar surface area (TPSA) is 76.4 Å². The van der Waals surface area contributed by atoms with Gasteiger partial charge in [0.25, 0.3) is 0 Å². The van der Waals surface area contributed by atoms with Gasteiger partial charge in [0.05, 0.1) is 6.54 Å². The Kier molecular flexibility index (Phi) is 5.35. The fourth-order valence-corrected chi connectivity index (χ4v) is 4.17. The zero-order valence-corrected chi connectivity index (χ0v) is 17.0. The smallest absolute Gasteiger partial charge is 0.191 e. The van der Waals surface area contributed by atoms with Crippen LogP contribution in [-0.2, 0) is 29.7 Å². The number of aryl methyl sites for hydroxylation is 2. The van der Waals surface area contributed by atoms with E-state index in [0.29, 0.717) is 12.6 Å². The van der Waals surface area contributed by atoms with E-state index in [2.05, 4.69) is 56.9 Å². The van der Waals surface area contributed by atoms with Gasteiger partial charge in [-0.3, -0.25) is 4.99 Å². The SMILES string of the molecule is CN=C(NCC1(c2ccccc2C)CC1)NC1CCc2nc(COC)nn2C1. The second-order valence-electron chi connectivity index (χ2n) is 7.96. The maximum atomic E-state index is 5.15. The normalized spacial score (nSPS) is 20.5. The summed E-state index contributed by atoms with van der Waals surface area (Å²) in [5.41, 5.74) is 3.10. The lowest BCUT2D eigenvalue weighted by Gasteiger charge is -2.26. The number of aromatic nitrogens is 3. The average molecular weight is 383 g/mol. The molecule has 28 heavy (non-hydrogen) atoms. The highest BCUT2D eigenvalue weighted by molar-refractivity contribution is 5.80. The molecule has 0 bridgehead atoms. The first-order valence-electron chi connectivity index (χ1n) is 10.1. The number of methoxy groups -OCH3 is 1. The number of hydrogen-bond donors (Lipinski definition) is 2. The molecule has 0 radical (unpaired) electrons. The van der Waals surface area contributed by atoms with Crippen LogP contribution in [0.15, 0.2) is 29.3 Å². The Bertz CT molecular complexity index is 854. The number of benzene rings is 1. The Hall–Kier alpha value is -2.41. The van der Waals surface area contributed by atoms with Crippen molar-refractivity contribution in [1.29, 1.82) is 0 Å². The van der Waals surface area contributed by atoms with Crippen molar-refractivity contribution in [2.24, 2.45) is 4.99 Å². The van der Waals surface area contributed by atoms with Crippen LogP contribution in [0.4, 0.5) is 0 Å². The highest BCUT2D eigenvalue weighted by Gasteiger charge is 2.45. The van der Waals surface area contributed by atoms with Gasteiger partial charge in [0.1, 0.15) is 12.4 Å². The molecule has 2 heterocycles. The zero-order chi connectivity index (χ0) is 19.6. The average Bonchev–Trinajstić information content (AvgIpc) is 3.38. The van der Waals surface area contributed by atoms with Crippen LogP contribution in [0.25, 0.3) is 0 Å². The lowest BCUT2D eigenvalue weighted by atomic mass is 9.92.